The van der Waals surface area contributed by atoms with Gasteiger partial charge in [-0.15, -0.1) is 6.58 Å². The van der Waals surface area contributed by atoms with Gasteiger partial charge in [0.05, 0.1) is 0 Å². The Morgan fingerprint density at radius 1 is 1.13 bits per heavy atom. The largest absolute Gasteiger partial charge is 0.375 e. The van der Waals surface area contributed by atoms with Gasteiger partial charge in [-0.3, -0.25) is 0 Å². The zero-order valence-electron chi connectivity index (χ0n) is 11.0. The molecule has 1 heteroatoms. The van der Waals surface area contributed by atoms with Crippen molar-refractivity contribution in [2.45, 2.75) is 53.4 Å². The standard InChI is InChI=1S/C14H27N/c1-6-9-10-13(4)14(5)15(11-7-2)12-8-3/h6H,1,7-12H2,2-5H3/b14-13+. The van der Waals surface area contributed by atoms with E-state index in [1.54, 1.807) is 0 Å². The molecule has 0 saturated heterocycles. The molecule has 0 spiro atoms. The number of rotatable bonds is 8. The predicted molar refractivity (Wildman–Crippen MR) is 70.0 cm³/mol. The van der Waals surface area contributed by atoms with Crippen molar-refractivity contribution in [2.24, 2.45) is 0 Å². The first-order chi connectivity index (χ1) is 7.17. The van der Waals surface area contributed by atoms with Gasteiger partial charge in [-0.05, 0) is 39.5 Å². The number of hydrogen-bond donors (Lipinski definition) is 0. The molecule has 0 bridgehead atoms. The van der Waals surface area contributed by atoms with E-state index in [0.29, 0.717) is 0 Å². The Morgan fingerprint density at radius 2 is 1.67 bits per heavy atom. The second kappa shape index (κ2) is 8.58. The quantitative estimate of drug-likeness (QED) is 0.537. The smallest absolute Gasteiger partial charge is 0.0172 e. The molecule has 0 fully saturated rings. The van der Waals surface area contributed by atoms with E-state index in [9.17, 15) is 0 Å². The Hall–Kier alpha value is -0.720. The lowest BCUT2D eigenvalue weighted by atomic mass is 10.1. The third-order valence-corrected chi connectivity index (χ3v) is 2.80. The Balaban J connectivity index is 4.41. The zero-order chi connectivity index (χ0) is 11.7. The maximum absolute atomic E-state index is 3.77. The van der Waals surface area contributed by atoms with Crippen LogP contribution in [0.4, 0.5) is 0 Å². The van der Waals surface area contributed by atoms with E-state index >= 15 is 0 Å². The van der Waals surface area contributed by atoms with Crippen LogP contribution in [0.1, 0.15) is 53.4 Å². The summed E-state index contributed by atoms with van der Waals surface area (Å²) >= 11 is 0. The molecule has 0 saturated carbocycles. The van der Waals surface area contributed by atoms with Crippen LogP contribution in [-0.2, 0) is 0 Å². The SMILES string of the molecule is C=CCC/C(C)=C(\C)N(CCC)CCC. The third kappa shape index (κ3) is 5.66. The summed E-state index contributed by atoms with van der Waals surface area (Å²) in [5.41, 5.74) is 2.98. The van der Waals surface area contributed by atoms with Gasteiger partial charge >= 0.3 is 0 Å². The molecular formula is C14H27N. The van der Waals surface area contributed by atoms with Crippen molar-refractivity contribution in [3.8, 4) is 0 Å². The Morgan fingerprint density at radius 3 is 2.07 bits per heavy atom. The van der Waals surface area contributed by atoms with Gasteiger partial charge in [0.1, 0.15) is 0 Å². The molecule has 1 nitrogen and oxygen atoms in total. The number of nitrogens with zero attached hydrogens (tertiary/aromatic N) is 1. The molecule has 0 radical (unpaired) electrons. The average molecular weight is 209 g/mol. The Bertz CT molecular complexity index is 197. The van der Waals surface area contributed by atoms with E-state index in [4.69, 9.17) is 0 Å². The maximum atomic E-state index is 3.77. The van der Waals surface area contributed by atoms with Gasteiger partial charge in [0.25, 0.3) is 0 Å². The highest BCUT2D eigenvalue weighted by Crippen LogP contribution is 2.15. The molecule has 88 valence electrons. The van der Waals surface area contributed by atoms with E-state index < -0.39 is 0 Å². The van der Waals surface area contributed by atoms with Crippen molar-refractivity contribution in [1.29, 1.82) is 0 Å². The van der Waals surface area contributed by atoms with Gasteiger partial charge in [-0.25, -0.2) is 0 Å². The fourth-order valence-electron chi connectivity index (χ4n) is 1.76. The second-order valence-corrected chi connectivity index (χ2v) is 4.18. The van der Waals surface area contributed by atoms with Crippen LogP contribution >= 0.6 is 0 Å². The highest BCUT2D eigenvalue weighted by molar-refractivity contribution is 5.09. The van der Waals surface area contributed by atoms with E-state index in [2.05, 4.69) is 39.2 Å². The van der Waals surface area contributed by atoms with Gasteiger partial charge in [0, 0.05) is 18.8 Å². The summed E-state index contributed by atoms with van der Waals surface area (Å²) in [6.07, 6.45) is 6.70. The third-order valence-electron chi connectivity index (χ3n) is 2.80. The normalized spacial score (nSPS) is 12.3. The highest BCUT2D eigenvalue weighted by Gasteiger charge is 2.05. The van der Waals surface area contributed by atoms with Gasteiger partial charge in [-0.1, -0.05) is 25.5 Å². The van der Waals surface area contributed by atoms with E-state index in [1.807, 2.05) is 6.08 Å². The molecule has 0 aromatic heterocycles. The molecule has 0 amide bonds. The first kappa shape index (κ1) is 14.3. The lowest BCUT2D eigenvalue weighted by Gasteiger charge is -2.26. The van der Waals surface area contributed by atoms with Crippen LogP contribution in [0.5, 0.6) is 0 Å². The molecule has 0 N–H and O–H groups in total. The molecular weight excluding hydrogens is 182 g/mol. The summed E-state index contributed by atoms with van der Waals surface area (Å²) in [5, 5.41) is 0. The van der Waals surface area contributed by atoms with Crippen molar-refractivity contribution in [2.75, 3.05) is 13.1 Å². The lowest BCUT2D eigenvalue weighted by Crippen LogP contribution is -2.24. The minimum atomic E-state index is 1.09. The van der Waals surface area contributed by atoms with Crippen molar-refractivity contribution in [3.63, 3.8) is 0 Å². The molecule has 0 aliphatic heterocycles. The molecule has 0 aromatic rings. The molecule has 0 aromatic carbocycles. The molecule has 0 rings (SSSR count). The summed E-state index contributed by atoms with van der Waals surface area (Å²) in [6, 6.07) is 0. The topological polar surface area (TPSA) is 3.24 Å². The minimum Gasteiger partial charge on any atom is -0.375 e. The van der Waals surface area contributed by atoms with Crippen molar-refractivity contribution < 1.29 is 0 Å². The second-order valence-electron chi connectivity index (χ2n) is 4.18. The van der Waals surface area contributed by atoms with Gasteiger partial charge < -0.3 is 4.90 Å². The molecule has 0 heterocycles. The molecule has 15 heavy (non-hydrogen) atoms. The average Bonchev–Trinajstić information content (AvgIpc) is 2.24. The van der Waals surface area contributed by atoms with Gasteiger partial charge in [0.2, 0.25) is 0 Å². The molecule has 0 aliphatic carbocycles. The molecule has 0 atom stereocenters. The number of allylic oxidation sites excluding steroid dienone is 3. The van der Waals surface area contributed by atoms with E-state index in [0.717, 1.165) is 12.8 Å². The van der Waals surface area contributed by atoms with Crippen molar-refractivity contribution >= 4 is 0 Å². The summed E-state index contributed by atoms with van der Waals surface area (Å²) in [5.74, 6) is 0. The monoisotopic (exact) mass is 209 g/mol. The van der Waals surface area contributed by atoms with Crippen LogP contribution in [0, 0.1) is 0 Å². The highest BCUT2D eigenvalue weighted by atomic mass is 15.1. The first-order valence-electron chi connectivity index (χ1n) is 6.19. The number of hydrogen-bond acceptors (Lipinski definition) is 1. The summed E-state index contributed by atoms with van der Waals surface area (Å²) in [7, 11) is 0. The lowest BCUT2D eigenvalue weighted by molar-refractivity contribution is 0.340. The van der Waals surface area contributed by atoms with Gasteiger partial charge in [-0.2, -0.15) is 0 Å². The minimum absolute atomic E-state index is 1.09. The van der Waals surface area contributed by atoms with Crippen LogP contribution in [-0.4, -0.2) is 18.0 Å². The van der Waals surface area contributed by atoms with Crippen LogP contribution in [0.15, 0.2) is 23.9 Å². The van der Waals surface area contributed by atoms with E-state index in [1.165, 1.54) is 37.2 Å². The van der Waals surface area contributed by atoms with Gasteiger partial charge in [0.15, 0.2) is 0 Å². The van der Waals surface area contributed by atoms with Crippen LogP contribution < -0.4 is 0 Å². The zero-order valence-corrected chi connectivity index (χ0v) is 11.0. The summed E-state index contributed by atoms with van der Waals surface area (Å²) in [6.45, 7) is 15.1. The van der Waals surface area contributed by atoms with Crippen molar-refractivity contribution in [3.05, 3.63) is 23.9 Å². The fraction of sp³-hybridized carbons (Fsp3) is 0.714. The Kier molecular flexibility index (Phi) is 8.17. The summed E-state index contributed by atoms with van der Waals surface area (Å²) < 4.78 is 0. The molecule has 0 unspecified atom stereocenters. The van der Waals surface area contributed by atoms with E-state index in [-0.39, 0.29) is 0 Å². The van der Waals surface area contributed by atoms with Crippen LogP contribution in [0.25, 0.3) is 0 Å². The van der Waals surface area contributed by atoms with Crippen molar-refractivity contribution in [1.82, 2.24) is 4.90 Å². The predicted octanol–water partition coefficient (Wildman–Crippen LogP) is 4.37. The van der Waals surface area contributed by atoms with Crippen LogP contribution in [0.2, 0.25) is 0 Å². The maximum Gasteiger partial charge on any atom is 0.0172 e. The summed E-state index contributed by atoms with van der Waals surface area (Å²) in [4.78, 5) is 2.51. The van der Waals surface area contributed by atoms with Crippen LogP contribution in [0.3, 0.4) is 0 Å². The first-order valence-corrected chi connectivity index (χ1v) is 6.19. The fourth-order valence-corrected chi connectivity index (χ4v) is 1.76. The Labute approximate surface area is 95.9 Å². The molecule has 0 aliphatic rings.